The molecule has 0 saturated heterocycles. The van der Waals surface area contributed by atoms with Gasteiger partial charge in [0.1, 0.15) is 0 Å². The van der Waals surface area contributed by atoms with Crippen molar-refractivity contribution in [1.29, 1.82) is 0 Å². The first kappa shape index (κ1) is 13.1. The van der Waals surface area contributed by atoms with Crippen LogP contribution in [0.3, 0.4) is 0 Å². The van der Waals surface area contributed by atoms with Gasteiger partial charge in [-0.3, -0.25) is 0 Å². The van der Waals surface area contributed by atoms with E-state index in [0.29, 0.717) is 0 Å². The molecule has 1 atom stereocenters. The molecule has 0 heterocycles. The van der Waals surface area contributed by atoms with E-state index >= 15 is 0 Å². The van der Waals surface area contributed by atoms with Crippen LogP contribution in [-0.2, 0) is 5.66 Å². The quantitative estimate of drug-likeness (QED) is 0.535. The summed E-state index contributed by atoms with van der Waals surface area (Å²) in [7, 11) is 1.54. The topological polar surface area (TPSA) is 0 Å². The van der Waals surface area contributed by atoms with Crippen molar-refractivity contribution >= 4 is 14.8 Å². The first-order valence-electron chi connectivity index (χ1n) is 5.05. The fraction of sp³-hybridized carbons (Fsp3) is 0.231. The van der Waals surface area contributed by atoms with Crippen LogP contribution < -0.4 is 0 Å². The lowest BCUT2D eigenvalue weighted by Crippen LogP contribution is -2.01. The van der Waals surface area contributed by atoms with E-state index in [4.69, 9.17) is 0 Å². The third kappa shape index (κ3) is 3.24. The summed E-state index contributed by atoms with van der Waals surface area (Å²) in [4.78, 5) is 0. The van der Waals surface area contributed by atoms with Crippen molar-refractivity contribution in [2.24, 2.45) is 0 Å². The molecule has 0 saturated carbocycles. The first-order valence-corrected chi connectivity index (χ1v) is 5.63. The molecular weight excluding hydrogens is 225 g/mol. The Hall–Kier alpha value is -1.01. The number of allylic oxidation sites excluding steroid dienone is 4. The summed E-state index contributed by atoms with van der Waals surface area (Å²) in [6.07, 6.45) is 5.83. The molecule has 16 heavy (non-hydrogen) atoms. The molecule has 0 aromatic heterocycles. The molecule has 0 fully saturated rings. The monoisotopic (exact) mass is 240 g/mol. The van der Waals surface area contributed by atoms with Crippen molar-refractivity contribution in [2.75, 3.05) is 0 Å². The van der Waals surface area contributed by atoms with Crippen LogP contribution in [0.2, 0.25) is 0 Å². The molecule has 1 unspecified atom stereocenters. The minimum Gasteiger partial charge on any atom is -0.197 e. The smallest absolute Gasteiger partial charge is 0.197 e. The zero-order valence-electron chi connectivity index (χ0n) is 9.37. The maximum atomic E-state index is 13.0. The number of hydrogen-bond acceptors (Lipinski definition) is 0. The van der Waals surface area contributed by atoms with Gasteiger partial charge in [0.15, 0.2) is 0 Å². The van der Waals surface area contributed by atoms with Gasteiger partial charge in [-0.25, -0.2) is 0 Å². The van der Waals surface area contributed by atoms with Gasteiger partial charge in [0.25, 0.3) is 5.66 Å². The first-order chi connectivity index (χ1) is 7.49. The second-order valence-corrected chi connectivity index (χ2v) is 4.17. The molecule has 0 aliphatic rings. The van der Waals surface area contributed by atoms with E-state index in [0.717, 1.165) is 11.1 Å². The second-order valence-electron chi connectivity index (χ2n) is 3.44. The van der Waals surface area contributed by atoms with Gasteiger partial charge in [0, 0.05) is 5.56 Å². The van der Waals surface area contributed by atoms with Crippen LogP contribution in [-0.4, -0.2) is 0 Å². The maximum absolute atomic E-state index is 13.0. The largest absolute Gasteiger partial charge is 0.283 e. The van der Waals surface area contributed by atoms with Crippen molar-refractivity contribution in [2.45, 2.75) is 19.5 Å². The average molecular weight is 240 g/mol. The summed E-state index contributed by atoms with van der Waals surface area (Å²) in [6, 6.07) is 6.33. The van der Waals surface area contributed by atoms with Crippen LogP contribution in [0.4, 0.5) is 8.78 Å². The number of alkyl halides is 2. The minimum absolute atomic E-state index is 0.0113. The van der Waals surface area contributed by atoms with Crippen LogP contribution in [0.5, 0.6) is 0 Å². The van der Waals surface area contributed by atoms with E-state index in [9.17, 15) is 8.78 Å². The lowest BCUT2D eigenvalue weighted by atomic mass is 10.0. The van der Waals surface area contributed by atoms with Crippen molar-refractivity contribution in [3.05, 3.63) is 53.6 Å². The van der Waals surface area contributed by atoms with Gasteiger partial charge >= 0.3 is 0 Å². The molecule has 0 aliphatic carbocycles. The molecule has 1 rings (SSSR count). The van der Waals surface area contributed by atoms with Crippen molar-refractivity contribution in [3.63, 3.8) is 0 Å². The predicted octanol–water partition coefficient (Wildman–Crippen LogP) is 4.59. The summed E-state index contributed by atoms with van der Waals surface area (Å²) >= 11 is 0. The lowest BCUT2D eigenvalue weighted by molar-refractivity contribution is 0.104. The van der Waals surface area contributed by atoms with Gasteiger partial charge in [-0.15, -0.1) is 0 Å². The molecule has 1 aromatic carbocycles. The Morgan fingerprint density at radius 3 is 2.12 bits per heavy atom. The van der Waals surface area contributed by atoms with E-state index in [1.165, 1.54) is 12.1 Å². The number of hydrogen-bond donors (Lipinski definition) is 0. The van der Waals surface area contributed by atoms with Gasteiger partial charge in [0.05, 0.1) is 0 Å². The molecule has 0 aliphatic heterocycles. The Labute approximate surface area is 97.3 Å². The number of benzene rings is 1. The molecule has 1 aromatic rings. The van der Waals surface area contributed by atoms with E-state index < -0.39 is 5.66 Å². The fourth-order valence-electron chi connectivity index (χ4n) is 1.42. The Balaban J connectivity index is 3.04. The van der Waals surface area contributed by atoms with Gasteiger partial charge in [-0.2, -0.15) is 8.78 Å². The maximum Gasteiger partial charge on any atom is 0.283 e. The van der Waals surface area contributed by atoms with Gasteiger partial charge in [-0.05, 0) is 25.0 Å². The van der Waals surface area contributed by atoms with Gasteiger partial charge in [0.2, 0.25) is 0 Å². The molecule has 3 heteroatoms. The molecule has 0 amide bonds. The third-order valence-electron chi connectivity index (χ3n) is 2.26. The molecule has 0 bridgehead atoms. The zero-order valence-corrected chi connectivity index (χ0v) is 10.5. The molecule has 0 N–H and O–H groups in total. The second kappa shape index (κ2) is 5.36. The van der Waals surface area contributed by atoms with Crippen molar-refractivity contribution in [1.82, 2.24) is 0 Å². The van der Waals surface area contributed by atoms with Crippen LogP contribution in [0.1, 0.15) is 25.0 Å². The molecule has 0 nitrogen and oxygen atoms in total. The molecule has 86 valence electrons. The Morgan fingerprint density at radius 2 is 1.75 bits per heavy atom. The number of halogens is 2. The normalized spacial score (nSPS) is 13.4. The summed E-state index contributed by atoms with van der Waals surface area (Å²) in [5.74, 6) is 0. The van der Waals surface area contributed by atoms with E-state index in [-0.39, 0.29) is 5.56 Å². The van der Waals surface area contributed by atoms with Crippen molar-refractivity contribution in [3.8, 4) is 0 Å². The van der Waals surface area contributed by atoms with Gasteiger partial charge < -0.3 is 0 Å². The molecule has 0 radical (unpaired) electrons. The minimum atomic E-state index is -2.85. The van der Waals surface area contributed by atoms with E-state index in [1.807, 2.05) is 32.1 Å². The fourth-order valence-corrected chi connectivity index (χ4v) is 1.62. The predicted molar refractivity (Wildman–Crippen MR) is 68.5 cm³/mol. The summed E-state index contributed by atoms with van der Waals surface area (Å²) in [6.45, 7) is 3.85. The van der Waals surface area contributed by atoms with Crippen molar-refractivity contribution < 1.29 is 8.78 Å². The lowest BCUT2D eigenvalue weighted by Gasteiger charge is -2.11. The van der Waals surface area contributed by atoms with E-state index in [1.54, 1.807) is 21.4 Å². The summed E-state index contributed by atoms with van der Waals surface area (Å²) < 4.78 is 25.9. The molecule has 0 spiro atoms. The zero-order chi connectivity index (χ0) is 12.2. The summed E-state index contributed by atoms with van der Waals surface area (Å²) in [5, 5.41) is 0. The van der Waals surface area contributed by atoms with Crippen LogP contribution in [0.15, 0.2) is 42.5 Å². The standard InChI is InChI=1S/C13H15F2P/c1-3-5-10(4-2)11-6-8-12(9-7-11)13(14,15)16/h3-9H,16H2,1-2H3/b5-3-,10-4+. The van der Waals surface area contributed by atoms with Crippen LogP contribution in [0.25, 0.3) is 5.57 Å². The molecular formula is C13H15F2P. The Morgan fingerprint density at radius 1 is 1.19 bits per heavy atom. The van der Waals surface area contributed by atoms with Gasteiger partial charge in [-0.1, -0.05) is 51.7 Å². The van der Waals surface area contributed by atoms with E-state index in [2.05, 4.69) is 0 Å². The highest BCUT2D eigenvalue weighted by molar-refractivity contribution is 7.17. The highest BCUT2D eigenvalue weighted by Gasteiger charge is 2.23. The Kier molecular flexibility index (Phi) is 4.37. The number of rotatable bonds is 3. The Bertz CT molecular complexity index is 397. The van der Waals surface area contributed by atoms with Crippen LogP contribution >= 0.6 is 9.24 Å². The highest BCUT2D eigenvalue weighted by Crippen LogP contribution is 2.35. The highest BCUT2D eigenvalue weighted by atomic mass is 31.0. The SMILES string of the molecule is C/C=C\C(=C/C)c1ccc(C(F)(F)P)cc1. The average Bonchev–Trinajstić information content (AvgIpc) is 2.25. The summed E-state index contributed by atoms with van der Waals surface area (Å²) in [5.41, 5.74) is -0.869. The third-order valence-corrected chi connectivity index (χ3v) is 2.59. The van der Waals surface area contributed by atoms with Crippen LogP contribution in [0, 0.1) is 0 Å².